The maximum atomic E-state index is 12.2. The van der Waals surface area contributed by atoms with E-state index in [2.05, 4.69) is 57.3 Å². The van der Waals surface area contributed by atoms with Crippen molar-refractivity contribution in [3.63, 3.8) is 0 Å². The smallest absolute Gasteiger partial charge is 0.287 e. The first-order chi connectivity index (χ1) is 11.1. The van der Waals surface area contributed by atoms with Gasteiger partial charge in [-0.25, -0.2) is 0 Å². The summed E-state index contributed by atoms with van der Waals surface area (Å²) in [7, 11) is 0. The molecular weight excluding hydrogens is 356 g/mol. The van der Waals surface area contributed by atoms with Crippen molar-refractivity contribution in [1.29, 1.82) is 0 Å². The van der Waals surface area contributed by atoms with Crippen molar-refractivity contribution in [2.75, 3.05) is 19.6 Å². The highest BCUT2D eigenvalue weighted by Crippen LogP contribution is 2.25. The number of nitrogens with one attached hydrogen (secondary N) is 1. The molecule has 4 nitrogen and oxygen atoms in total. The number of hydrogen-bond acceptors (Lipinski definition) is 3. The monoisotopic (exact) mass is 376 g/mol. The molecule has 1 N–H and O–H groups in total. The fraction of sp³-hybridized carbons (Fsp3) is 0.389. The van der Waals surface area contributed by atoms with E-state index in [0.717, 1.165) is 13.1 Å². The Kier molecular flexibility index (Phi) is 5.18. The molecule has 1 aromatic heterocycles. The average Bonchev–Trinajstić information content (AvgIpc) is 3.21. The number of benzene rings is 1. The molecule has 1 aliphatic heterocycles. The van der Waals surface area contributed by atoms with Crippen LogP contribution in [0.3, 0.4) is 0 Å². The molecule has 1 unspecified atom stereocenters. The molecular formula is C18H21BrN2O2. The Morgan fingerprint density at radius 1 is 1.22 bits per heavy atom. The van der Waals surface area contributed by atoms with Crippen LogP contribution in [0, 0.1) is 6.92 Å². The Bertz CT molecular complexity index is 660. The largest absolute Gasteiger partial charge is 0.444 e. The zero-order valence-electron chi connectivity index (χ0n) is 13.2. The van der Waals surface area contributed by atoms with Gasteiger partial charge in [0, 0.05) is 6.54 Å². The summed E-state index contributed by atoms with van der Waals surface area (Å²) in [6.45, 7) is 4.84. The summed E-state index contributed by atoms with van der Waals surface area (Å²) in [6.07, 6.45) is 2.45. The Morgan fingerprint density at radius 3 is 2.52 bits per heavy atom. The zero-order chi connectivity index (χ0) is 16.2. The number of likely N-dealkylation sites (tertiary alicyclic amines) is 1. The minimum atomic E-state index is -0.174. The number of nitrogens with zero attached hydrogens (tertiary/aromatic N) is 1. The molecule has 5 heteroatoms. The van der Waals surface area contributed by atoms with Crippen LogP contribution in [0.25, 0.3) is 0 Å². The first-order valence-electron chi connectivity index (χ1n) is 7.97. The van der Waals surface area contributed by atoms with Gasteiger partial charge in [-0.3, -0.25) is 9.69 Å². The lowest BCUT2D eigenvalue weighted by atomic mass is 10.0. The van der Waals surface area contributed by atoms with E-state index >= 15 is 0 Å². The normalized spacial score (nSPS) is 16.4. The molecule has 122 valence electrons. The van der Waals surface area contributed by atoms with Gasteiger partial charge in [0.1, 0.15) is 0 Å². The third-order valence-corrected chi connectivity index (χ3v) is 4.72. The van der Waals surface area contributed by atoms with Crippen molar-refractivity contribution in [3.8, 4) is 0 Å². The molecule has 0 saturated carbocycles. The molecule has 0 bridgehead atoms. The number of carbonyl (C=O) groups excluding carboxylic acids is 1. The second kappa shape index (κ2) is 7.32. The molecule has 2 aromatic rings. The van der Waals surface area contributed by atoms with E-state index in [0.29, 0.717) is 17.0 Å². The van der Waals surface area contributed by atoms with Crippen molar-refractivity contribution in [2.24, 2.45) is 0 Å². The van der Waals surface area contributed by atoms with Gasteiger partial charge in [-0.15, -0.1) is 0 Å². The van der Waals surface area contributed by atoms with Gasteiger partial charge in [-0.2, -0.15) is 0 Å². The average molecular weight is 377 g/mol. The molecule has 0 aliphatic carbocycles. The van der Waals surface area contributed by atoms with E-state index in [1.165, 1.54) is 24.0 Å². The van der Waals surface area contributed by atoms with Crippen LogP contribution in [0.15, 0.2) is 45.5 Å². The minimum absolute atomic E-state index is 0.174. The summed E-state index contributed by atoms with van der Waals surface area (Å²) >= 11 is 3.22. The predicted molar refractivity (Wildman–Crippen MR) is 93.5 cm³/mol. The molecule has 23 heavy (non-hydrogen) atoms. The highest BCUT2D eigenvalue weighted by Gasteiger charge is 2.24. The molecule has 1 aromatic carbocycles. The van der Waals surface area contributed by atoms with E-state index in [4.69, 9.17) is 4.42 Å². The van der Waals surface area contributed by atoms with Gasteiger partial charge >= 0.3 is 0 Å². The third-order valence-electron chi connectivity index (χ3n) is 4.30. The summed E-state index contributed by atoms with van der Waals surface area (Å²) in [5.41, 5.74) is 2.50. The molecule has 0 spiro atoms. The van der Waals surface area contributed by atoms with Gasteiger partial charge in [0.2, 0.25) is 0 Å². The Morgan fingerprint density at radius 2 is 1.91 bits per heavy atom. The van der Waals surface area contributed by atoms with Gasteiger partial charge in [-0.05, 0) is 66.5 Å². The van der Waals surface area contributed by atoms with Crippen LogP contribution in [0.2, 0.25) is 0 Å². The van der Waals surface area contributed by atoms with E-state index in [1.54, 1.807) is 12.1 Å². The molecule has 1 amide bonds. The first kappa shape index (κ1) is 16.3. The van der Waals surface area contributed by atoms with Crippen molar-refractivity contribution >= 4 is 21.8 Å². The van der Waals surface area contributed by atoms with Gasteiger partial charge in [-0.1, -0.05) is 29.8 Å². The van der Waals surface area contributed by atoms with E-state index in [1.807, 2.05) is 0 Å². The zero-order valence-corrected chi connectivity index (χ0v) is 14.8. The second-order valence-corrected chi connectivity index (χ2v) is 6.76. The Balaban J connectivity index is 1.71. The van der Waals surface area contributed by atoms with Crippen molar-refractivity contribution in [3.05, 3.63) is 58.0 Å². The lowest BCUT2D eigenvalue weighted by Gasteiger charge is -2.28. The molecule has 2 heterocycles. The highest BCUT2D eigenvalue weighted by molar-refractivity contribution is 9.10. The van der Waals surface area contributed by atoms with Crippen molar-refractivity contribution in [2.45, 2.75) is 25.8 Å². The number of furan rings is 1. The SMILES string of the molecule is Cc1ccc(C(CNC(=O)c2ccc(Br)o2)N2CCCC2)cc1. The number of halogens is 1. The lowest BCUT2D eigenvalue weighted by molar-refractivity contribution is 0.0909. The van der Waals surface area contributed by atoms with Gasteiger partial charge in [0.15, 0.2) is 10.4 Å². The highest BCUT2D eigenvalue weighted by atomic mass is 79.9. The topological polar surface area (TPSA) is 45.5 Å². The number of amides is 1. The summed E-state index contributed by atoms with van der Waals surface area (Å²) in [6, 6.07) is 12.2. The third kappa shape index (κ3) is 4.03. The molecule has 1 saturated heterocycles. The molecule has 3 rings (SSSR count). The number of aryl methyl sites for hydroxylation is 1. The maximum absolute atomic E-state index is 12.2. The number of rotatable bonds is 5. The standard InChI is InChI=1S/C18H21BrN2O2/c1-13-4-6-14(7-5-13)15(21-10-2-3-11-21)12-20-18(22)16-8-9-17(19)23-16/h4-9,15H,2-3,10-12H2,1H3,(H,20,22). The van der Waals surface area contributed by atoms with Crippen LogP contribution in [-0.2, 0) is 0 Å². The minimum Gasteiger partial charge on any atom is -0.444 e. The number of carbonyl (C=O) groups is 1. The Hall–Kier alpha value is -1.59. The van der Waals surface area contributed by atoms with Gasteiger partial charge in [0.05, 0.1) is 6.04 Å². The quantitative estimate of drug-likeness (QED) is 0.859. The van der Waals surface area contributed by atoms with Crippen molar-refractivity contribution < 1.29 is 9.21 Å². The van der Waals surface area contributed by atoms with Crippen molar-refractivity contribution in [1.82, 2.24) is 10.2 Å². The fourth-order valence-corrected chi connectivity index (χ4v) is 3.32. The lowest BCUT2D eigenvalue weighted by Crippen LogP contribution is -2.36. The van der Waals surface area contributed by atoms with Crippen LogP contribution >= 0.6 is 15.9 Å². The first-order valence-corrected chi connectivity index (χ1v) is 8.77. The summed E-state index contributed by atoms with van der Waals surface area (Å²) in [5.74, 6) is 0.160. The fourth-order valence-electron chi connectivity index (χ4n) is 3.01. The van der Waals surface area contributed by atoms with Crippen LogP contribution < -0.4 is 5.32 Å². The van der Waals surface area contributed by atoms with E-state index < -0.39 is 0 Å². The van der Waals surface area contributed by atoms with Crippen LogP contribution in [0.1, 0.15) is 40.6 Å². The summed E-state index contributed by atoms with van der Waals surface area (Å²) in [4.78, 5) is 14.7. The van der Waals surface area contributed by atoms with Gasteiger partial charge in [0.25, 0.3) is 5.91 Å². The molecule has 1 aliphatic rings. The Labute approximate surface area is 145 Å². The summed E-state index contributed by atoms with van der Waals surface area (Å²) in [5, 5.41) is 3.01. The molecule has 1 fully saturated rings. The van der Waals surface area contributed by atoms with Crippen LogP contribution in [-0.4, -0.2) is 30.4 Å². The van der Waals surface area contributed by atoms with Gasteiger partial charge < -0.3 is 9.73 Å². The predicted octanol–water partition coefficient (Wildman–Crippen LogP) is 3.92. The van der Waals surface area contributed by atoms with E-state index in [-0.39, 0.29) is 11.9 Å². The maximum Gasteiger partial charge on any atom is 0.287 e. The molecule has 1 atom stereocenters. The number of hydrogen-bond donors (Lipinski definition) is 1. The molecule has 0 radical (unpaired) electrons. The van der Waals surface area contributed by atoms with E-state index in [9.17, 15) is 4.79 Å². The summed E-state index contributed by atoms with van der Waals surface area (Å²) < 4.78 is 5.88. The second-order valence-electron chi connectivity index (χ2n) is 5.98. The van der Waals surface area contributed by atoms with Crippen LogP contribution in [0.5, 0.6) is 0 Å². The van der Waals surface area contributed by atoms with Crippen LogP contribution in [0.4, 0.5) is 0 Å².